The van der Waals surface area contributed by atoms with Crippen molar-refractivity contribution in [2.24, 2.45) is 0 Å². The first-order valence-corrected chi connectivity index (χ1v) is 16.9. The molecule has 4 rings (SSSR count). The van der Waals surface area contributed by atoms with Gasteiger partial charge < -0.3 is 0 Å². The quantitative estimate of drug-likeness (QED) is 0.254. The number of anilines is 2. The second kappa shape index (κ2) is 13.6. The zero-order chi connectivity index (χ0) is 30.0. The van der Waals surface area contributed by atoms with Crippen LogP contribution >= 0.6 is 23.2 Å². The van der Waals surface area contributed by atoms with Gasteiger partial charge in [-0.1, -0.05) is 0 Å². The average molecular weight is 681 g/mol. The van der Waals surface area contributed by atoms with Crippen molar-refractivity contribution in [2.75, 3.05) is 43.5 Å². The molecule has 0 saturated carbocycles. The molecule has 1 N–H and O–H groups in total. The van der Waals surface area contributed by atoms with Gasteiger partial charge in [-0.2, -0.15) is 0 Å². The van der Waals surface area contributed by atoms with Crippen LogP contribution in [0.2, 0.25) is 10.0 Å². The average Bonchev–Trinajstić information content (AvgIpc) is 3.27. The van der Waals surface area contributed by atoms with E-state index in [2.05, 4.69) is 118 Å². The summed E-state index contributed by atoms with van der Waals surface area (Å²) in [6, 6.07) is 13.7. The van der Waals surface area contributed by atoms with Gasteiger partial charge in [-0.3, -0.25) is 0 Å². The van der Waals surface area contributed by atoms with Crippen LogP contribution in [0, 0.1) is 41.5 Å². The first-order valence-electron chi connectivity index (χ1n) is 14.2. The first kappa shape index (κ1) is 32.0. The molecule has 4 nitrogen and oxygen atoms in total. The van der Waals surface area contributed by atoms with Crippen molar-refractivity contribution in [1.82, 2.24) is 10.2 Å². The number of benzene rings is 3. The molecule has 7 heteroatoms. The van der Waals surface area contributed by atoms with Gasteiger partial charge in [0.05, 0.1) is 0 Å². The number of nitrogens with zero attached hydrogens (tertiary/aromatic N) is 3. The van der Waals surface area contributed by atoms with Gasteiger partial charge in [0.15, 0.2) is 0 Å². The number of nitrogens with one attached hydrogen (secondary N) is 1. The molecular formula is C34H44Cl2N4Ru. The Morgan fingerprint density at radius 3 is 1.80 bits per heavy atom. The van der Waals surface area contributed by atoms with E-state index in [1.807, 2.05) is 6.07 Å². The van der Waals surface area contributed by atoms with Gasteiger partial charge in [0, 0.05) is 0 Å². The Bertz CT molecular complexity index is 1390. The van der Waals surface area contributed by atoms with E-state index < -0.39 is 0 Å². The van der Waals surface area contributed by atoms with Crippen molar-refractivity contribution in [2.45, 2.75) is 61.1 Å². The number of rotatable bonds is 8. The predicted octanol–water partition coefficient (Wildman–Crippen LogP) is 7.23. The van der Waals surface area contributed by atoms with Crippen molar-refractivity contribution >= 4 is 43.5 Å². The maximum atomic E-state index is 6.81. The van der Waals surface area contributed by atoms with Gasteiger partial charge in [-0.25, -0.2) is 0 Å². The van der Waals surface area contributed by atoms with Gasteiger partial charge in [0.25, 0.3) is 0 Å². The second-order valence-electron chi connectivity index (χ2n) is 11.6. The molecule has 1 atom stereocenters. The minimum absolute atomic E-state index is 0.292. The molecule has 1 saturated heterocycles. The van der Waals surface area contributed by atoms with Crippen molar-refractivity contribution in [3.8, 4) is 0 Å². The Morgan fingerprint density at radius 2 is 1.34 bits per heavy atom. The molecular weight excluding hydrogens is 636 g/mol. The third-order valence-electron chi connectivity index (χ3n) is 7.90. The summed E-state index contributed by atoms with van der Waals surface area (Å²) in [6.45, 7) is 19.0. The van der Waals surface area contributed by atoms with Crippen molar-refractivity contribution < 1.29 is 16.2 Å². The van der Waals surface area contributed by atoms with Crippen LogP contribution in [0.15, 0.2) is 36.4 Å². The normalized spacial score (nSPS) is 14.4. The zero-order valence-corrected chi connectivity index (χ0v) is 29.1. The number of hydrogen-bond acceptors (Lipinski definition) is 4. The van der Waals surface area contributed by atoms with Crippen LogP contribution in [0.1, 0.15) is 51.4 Å². The molecule has 0 radical (unpaired) electrons. The fourth-order valence-electron chi connectivity index (χ4n) is 5.81. The van der Waals surface area contributed by atoms with Crippen LogP contribution in [0.5, 0.6) is 0 Å². The summed E-state index contributed by atoms with van der Waals surface area (Å²) in [5.74, 6) is 0. The van der Waals surface area contributed by atoms with Crippen LogP contribution in [0.25, 0.3) is 0 Å². The fraction of sp³-hybridized carbons (Fsp3) is 0.412. The summed E-state index contributed by atoms with van der Waals surface area (Å²) >= 11 is 13.0. The van der Waals surface area contributed by atoms with Gasteiger partial charge >= 0.3 is 266 Å². The molecule has 1 aliphatic rings. The van der Waals surface area contributed by atoms with E-state index in [0.29, 0.717) is 22.6 Å². The number of halogens is 2. The van der Waals surface area contributed by atoms with Crippen LogP contribution in [-0.4, -0.2) is 53.6 Å². The van der Waals surface area contributed by atoms with Crippen LogP contribution < -0.4 is 15.1 Å². The molecule has 0 aromatic heterocycles. The summed E-state index contributed by atoms with van der Waals surface area (Å²) in [6.07, 6.45) is 0. The maximum absolute atomic E-state index is 6.81. The Balaban J connectivity index is 1.85. The standard InChI is InChI=1S/C21H26N2.C13H18Cl2N2.Ru/c1-14-9-16(3)20(17(4)10-14)22-7-8-23(13-22)21-18(5)11-15(2)12-19(21)6;1-9-5-6-12(14)13(15)11(9)8-16-7-10(2)17(3)4;/h9-12H,7-8H2,1-6H3;1,5-6,10,16H,7-8H2,2-4H3;. The molecule has 1 fully saturated rings. The van der Waals surface area contributed by atoms with Crippen LogP contribution in [0.3, 0.4) is 0 Å². The summed E-state index contributed by atoms with van der Waals surface area (Å²) < 4.78 is 3.80. The van der Waals surface area contributed by atoms with E-state index in [1.165, 1.54) is 49.1 Å². The van der Waals surface area contributed by atoms with Crippen molar-refractivity contribution in [3.63, 3.8) is 0 Å². The van der Waals surface area contributed by atoms with E-state index in [4.69, 9.17) is 23.2 Å². The molecule has 1 unspecified atom stereocenters. The fourth-order valence-corrected chi connectivity index (χ4v) is 8.51. The van der Waals surface area contributed by atoms with E-state index >= 15 is 0 Å². The molecule has 0 amide bonds. The molecule has 3 aromatic rings. The Hall–Kier alpha value is -1.88. The zero-order valence-electron chi connectivity index (χ0n) is 25.9. The molecule has 41 heavy (non-hydrogen) atoms. The van der Waals surface area contributed by atoms with Crippen molar-refractivity contribution in [1.29, 1.82) is 0 Å². The molecule has 1 aliphatic heterocycles. The van der Waals surface area contributed by atoms with Crippen LogP contribution in [0.4, 0.5) is 11.4 Å². The van der Waals surface area contributed by atoms with E-state index in [-0.39, 0.29) is 16.2 Å². The third-order valence-corrected chi connectivity index (χ3v) is 10.9. The SMILES string of the molecule is Cc1cc(C)c(N2CCN(c3c(C)cc(C)cc3C)[C]2=[Ru]=[CH]c2ccc(Cl)c(Cl)c2CNCC(C)N(C)C)c(C)c1. The Morgan fingerprint density at radius 1 is 0.854 bits per heavy atom. The van der Waals surface area contributed by atoms with Gasteiger partial charge in [-0.05, 0) is 0 Å². The molecule has 3 aromatic carbocycles. The first-order chi connectivity index (χ1) is 19.4. The van der Waals surface area contributed by atoms with Crippen LogP contribution in [-0.2, 0) is 22.8 Å². The van der Waals surface area contributed by atoms with Gasteiger partial charge in [-0.15, -0.1) is 0 Å². The van der Waals surface area contributed by atoms with E-state index in [1.54, 1.807) is 0 Å². The number of aryl methyl sites for hydroxylation is 6. The molecule has 0 spiro atoms. The summed E-state index contributed by atoms with van der Waals surface area (Å²) in [4.78, 5) is 7.37. The van der Waals surface area contributed by atoms with Gasteiger partial charge in [0.2, 0.25) is 0 Å². The molecule has 0 bridgehead atoms. The third kappa shape index (κ3) is 7.20. The van der Waals surface area contributed by atoms with Gasteiger partial charge in [0.1, 0.15) is 0 Å². The molecule has 222 valence electrons. The van der Waals surface area contributed by atoms with E-state index in [0.717, 1.165) is 30.8 Å². The molecule has 1 heterocycles. The Kier molecular flexibility index (Phi) is 10.6. The predicted molar refractivity (Wildman–Crippen MR) is 177 cm³/mol. The van der Waals surface area contributed by atoms with Crippen molar-refractivity contribution in [3.05, 3.63) is 91.0 Å². The summed E-state index contributed by atoms with van der Waals surface area (Å²) in [5.41, 5.74) is 12.8. The number of likely N-dealkylation sites (N-methyl/N-ethyl adjacent to an activating group) is 1. The van der Waals surface area contributed by atoms with E-state index in [9.17, 15) is 0 Å². The number of hydrogen-bond donors (Lipinski definition) is 1. The second-order valence-corrected chi connectivity index (χ2v) is 14.2. The minimum atomic E-state index is -0.292. The molecule has 0 aliphatic carbocycles. The Labute approximate surface area is 264 Å². The topological polar surface area (TPSA) is 21.8 Å². The monoisotopic (exact) mass is 680 g/mol. The summed E-state index contributed by atoms with van der Waals surface area (Å²) in [7, 11) is 4.21. The summed E-state index contributed by atoms with van der Waals surface area (Å²) in [5, 5.41) is 4.85.